The molecule has 0 bridgehead atoms. The van der Waals surface area contributed by atoms with Crippen LogP contribution in [0.2, 0.25) is 0 Å². The van der Waals surface area contributed by atoms with Gasteiger partial charge in [-0.2, -0.15) is 18.2 Å². The molecule has 1 heterocycles. The smallest absolute Gasteiger partial charge is 0.172 e. The van der Waals surface area contributed by atoms with Gasteiger partial charge in [-0.1, -0.05) is 0 Å². The van der Waals surface area contributed by atoms with E-state index in [1.165, 1.54) is 49.4 Å². The summed E-state index contributed by atoms with van der Waals surface area (Å²) in [6, 6.07) is 19.1. The summed E-state index contributed by atoms with van der Waals surface area (Å²) in [4.78, 5) is 4.87. The van der Waals surface area contributed by atoms with Crippen LogP contribution in [0, 0.1) is 41.5 Å². The van der Waals surface area contributed by atoms with Crippen molar-refractivity contribution in [3.63, 3.8) is 0 Å². The number of hydrogen-bond acceptors (Lipinski definition) is 2. The molecule has 0 amide bonds. The number of rotatable bonds is 2. The van der Waals surface area contributed by atoms with Gasteiger partial charge in [-0.3, -0.25) is 0 Å². The summed E-state index contributed by atoms with van der Waals surface area (Å²) in [6.45, 7) is 15.2. The van der Waals surface area contributed by atoms with Gasteiger partial charge in [-0.05, 0) is 0 Å². The number of aryl methyl sites for hydroxylation is 6. The molecule has 29 heavy (non-hydrogen) atoms. The fraction of sp³-hybridized carbons (Fsp3) is 0.308. The Kier molecular flexibility index (Phi) is 6.73. The fourth-order valence-corrected chi connectivity index (χ4v) is 5.04. The Balaban J connectivity index is 0.000000419. The monoisotopic (exact) mass is 423 g/mol. The average Bonchev–Trinajstić information content (AvgIpc) is 3.29. The van der Waals surface area contributed by atoms with E-state index in [1.807, 2.05) is 30.3 Å². The van der Waals surface area contributed by atoms with Crippen molar-refractivity contribution in [2.45, 2.75) is 41.5 Å². The van der Waals surface area contributed by atoms with E-state index >= 15 is 0 Å². The minimum Gasteiger partial charge on any atom is -0.214 e. The third-order valence-corrected chi connectivity index (χ3v) is 6.06. The van der Waals surface area contributed by atoms with Gasteiger partial charge in [-0.15, -0.1) is 0 Å². The van der Waals surface area contributed by atoms with E-state index in [-0.39, 0.29) is 0 Å². The van der Waals surface area contributed by atoms with Crippen LogP contribution in [-0.4, -0.2) is 17.7 Å². The molecule has 0 spiro atoms. The van der Waals surface area contributed by atoms with Crippen molar-refractivity contribution >= 4 is 16.0 Å². The van der Waals surface area contributed by atoms with E-state index in [0.717, 1.165) is 13.1 Å². The summed E-state index contributed by atoms with van der Waals surface area (Å²) in [5.41, 5.74) is 10.7. The molecule has 1 aliphatic heterocycles. The zero-order chi connectivity index (χ0) is 21.1. The number of hydrogen-bond donors (Lipinski definition) is 0. The molecule has 1 saturated heterocycles. The van der Waals surface area contributed by atoms with Gasteiger partial charge in [0.15, 0.2) is 0 Å². The Morgan fingerprint density at radius 3 is 1.28 bits per heavy atom. The number of nitrogens with zero attached hydrogens (tertiary/aromatic N) is 2. The quantitative estimate of drug-likeness (QED) is 0.473. The summed E-state index contributed by atoms with van der Waals surface area (Å²) in [7, 11) is 0. The van der Waals surface area contributed by atoms with Gasteiger partial charge in [0.2, 0.25) is 0 Å². The summed E-state index contributed by atoms with van der Waals surface area (Å²) in [6.07, 6.45) is 0. The van der Waals surface area contributed by atoms with Crippen molar-refractivity contribution in [1.82, 2.24) is 0 Å². The normalized spacial score (nSPS) is 13.5. The van der Waals surface area contributed by atoms with Gasteiger partial charge in [0.05, 0.1) is 0 Å². The van der Waals surface area contributed by atoms with E-state index in [1.54, 1.807) is 0 Å². The first-order chi connectivity index (χ1) is 13.8. The molecular weight excluding hydrogens is 392 g/mol. The minimum atomic E-state index is 1.01. The third-order valence-electron chi connectivity index (χ3n) is 5.38. The van der Waals surface area contributed by atoms with Gasteiger partial charge in [0, 0.05) is 0 Å². The Morgan fingerprint density at radius 1 is 0.655 bits per heavy atom. The largest absolute Gasteiger partial charge is 0.214 e. The summed E-state index contributed by atoms with van der Waals surface area (Å²) >= 11 is 3.34. The maximum Gasteiger partial charge on any atom is -0.172 e. The van der Waals surface area contributed by atoms with Crippen LogP contribution in [0.1, 0.15) is 33.4 Å². The van der Waals surface area contributed by atoms with Crippen LogP contribution in [0.4, 0.5) is 11.4 Å². The van der Waals surface area contributed by atoms with Crippen LogP contribution < -0.4 is 9.80 Å². The van der Waals surface area contributed by atoms with Crippen molar-refractivity contribution < 1.29 is 15.9 Å². The molecule has 3 aromatic carbocycles. The van der Waals surface area contributed by atoms with Gasteiger partial charge >= 0.3 is 154 Å². The van der Waals surface area contributed by atoms with Crippen LogP contribution in [0.5, 0.6) is 0 Å². The Hall–Kier alpha value is -2.21. The van der Waals surface area contributed by atoms with E-state index in [4.69, 9.17) is 0 Å². The molecule has 0 atom stereocenters. The van der Waals surface area contributed by atoms with Gasteiger partial charge in [0.1, 0.15) is 0 Å². The second-order valence-electron chi connectivity index (χ2n) is 8.04. The zero-order valence-electron chi connectivity index (χ0n) is 18.4. The standard InChI is InChI=1S/C21H26N2.C5H5.Cr/c1-14-9-16(3)20(17(4)10-14)22-7-8-23(13-22)21-18(5)11-15(2)12-19(21)6;1-2-4-5-3-1;/h9-12H,7-8H2,1-6H3;1-5H;/q;-1;. The Morgan fingerprint density at radius 2 is 1.00 bits per heavy atom. The van der Waals surface area contributed by atoms with Crippen LogP contribution >= 0.6 is 0 Å². The second kappa shape index (κ2) is 9.08. The topological polar surface area (TPSA) is 6.48 Å². The second-order valence-corrected chi connectivity index (χ2v) is 8.61. The van der Waals surface area contributed by atoms with Crippen LogP contribution in [0.25, 0.3) is 0 Å². The predicted octanol–water partition coefficient (Wildman–Crippen LogP) is 5.90. The average molecular weight is 424 g/mol. The first kappa shape index (κ1) is 21.5. The molecule has 3 heteroatoms. The van der Waals surface area contributed by atoms with Crippen molar-refractivity contribution in [3.8, 4) is 0 Å². The summed E-state index contributed by atoms with van der Waals surface area (Å²) < 4.78 is 1.21. The molecule has 3 aromatic rings. The van der Waals surface area contributed by atoms with Crippen molar-refractivity contribution in [1.29, 1.82) is 0 Å². The first-order valence-corrected chi connectivity index (χ1v) is 10.8. The van der Waals surface area contributed by atoms with Crippen molar-refractivity contribution in [2.24, 2.45) is 0 Å². The maximum absolute atomic E-state index is 3.34. The maximum atomic E-state index is 3.34. The van der Waals surface area contributed by atoms with Gasteiger partial charge in [0.25, 0.3) is 0 Å². The van der Waals surface area contributed by atoms with Crippen LogP contribution in [0.3, 0.4) is 0 Å². The fourth-order valence-electron chi connectivity index (χ4n) is 4.47. The van der Waals surface area contributed by atoms with Crippen molar-refractivity contribution in [3.05, 3.63) is 88.0 Å². The van der Waals surface area contributed by atoms with E-state index in [9.17, 15) is 0 Å². The summed E-state index contributed by atoms with van der Waals surface area (Å²) in [5, 5.41) is 0. The number of anilines is 2. The molecule has 1 fully saturated rings. The molecular formula is C26H31CrN2-. The van der Waals surface area contributed by atoms with E-state index in [0.29, 0.717) is 0 Å². The molecule has 0 aromatic heterocycles. The Bertz CT molecular complexity index is 871. The molecule has 0 saturated carbocycles. The molecule has 0 N–H and O–H groups in total. The Labute approximate surface area is 184 Å². The van der Waals surface area contributed by atoms with E-state index < -0.39 is 0 Å². The molecule has 2 nitrogen and oxygen atoms in total. The molecule has 0 aliphatic carbocycles. The third kappa shape index (κ3) is 4.69. The molecule has 0 unspecified atom stereocenters. The van der Waals surface area contributed by atoms with Crippen molar-refractivity contribution in [2.75, 3.05) is 22.9 Å². The molecule has 4 rings (SSSR count). The number of benzene rings is 2. The SMILES string of the molecule is Cc1cc(C)c(N2CCN(c3c(C)cc(C)cc3C)[C]2=[Cr])c(C)c1.c1cc[cH-]c1. The zero-order valence-corrected chi connectivity index (χ0v) is 19.7. The molecule has 0 radical (unpaired) electrons. The molecule has 1 aliphatic rings. The first-order valence-electron chi connectivity index (χ1n) is 10.2. The van der Waals surface area contributed by atoms with Gasteiger partial charge < -0.3 is 0 Å². The summed E-state index contributed by atoms with van der Waals surface area (Å²) in [5.74, 6) is 0. The minimum absolute atomic E-state index is 1.01. The van der Waals surface area contributed by atoms with E-state index in [2.05, 4.69) is 91.5 Å². The van der Waals surface area contributed by atoms with Crippen LogP contribution in [0.15, 0.2) is 54.6 Å². The van der Waals surface area contributed by atoms with Gasteiger partial charge in [-0.25, -0.2) is 12.1 Å². The predicted molar refractivity (Wildman–Crippen MR) is 123 cm³/mol. The van der Waals surface area contributed by atoms with Crippen LogP contribution in [-0.2, 0) is 15.9 Å². The molecule has 152 valence electrons.